The Balaban J connectivity index is 1.61. The summed E-state index contributed by atoms with van der Waals surface area (Å²) in [4.78, 5) is 14.6. The van der Waals surface area contributed by atoms with Crippen molar-refractivity contribution in [1.29, 1.82) is 0 Å². The number of nitrogens with zero attached hydrogens (tertiary/aromatic N) is 2. The lowest BCUT2D eigenvalue weighted by molar-refractivity contribution is -0.132. The Morgan fingerprint density at radius 3 is 2.40 bits per heavy atom. The smallest absolute Gasteiger partial charge is 0.243 e. The molecule has 2 N–H and O–H groups in total. The summed E-state index contributed by atoms with van der Waals surface area (Å²) in [5.74, 6) is 1.73. The molecule has 2 fully saturated rings. The summed E-state index contributed by atoms with van der Waals surface area (Å²) in [5.41, 5.74) is 7.22. The molecule has 0 bridgehead atoms. The highest BCUT2D eigenvalue weighted by molar-refractivity contribution is 7.99. The highest BCUT2D eigenvalue weighted by Gasteiger charge is 2.35. The van der Waals surface area contributed by atoms with Crippen molar-refractivity contribution in [2.45, 2.75) is 30.7 Å². The molecule has 2 aliphatic rings. The zero-order valence-corrected chi connectivity index (χ0v) is 16.1. The van der Waals surface area contributed by atoms with E-state index < -0.39 is 16.1 Å². The number of hydrogen-bond acceptors (Lipinski definition) is 5. The molecular weight excluding hydrogens is 358 g/mol. The van der Waals surface area contributed by atoms with E-state index in [4.69, 9.17) is 5.73 Å². The van der Waals surface area contributed by atoms with Crippen LogP contribution < -0.4 is 5.73 Å². The molecule has 0 aromatic heterocycles. The summed E-state index contributed by atoms with van der Waals surface area (Å²) in [6, 6.07) is 6.39. The van der Waals surface area contributed by atoms with Crippen molar-refractivity contribution in [2.75, 3.05) is 31.3 Å². The lowest BCUT2D eigenvalue weighted by Gasteiger charge is -2.34. The van der Waals surface area contributed by atoms with Gasteiger partial charge in [-0.05, 0) is 37.8 Å². The average molecular weight is 384 g/mol. The van der Waals surface area contributed by atoms with Crippen LogP contribution >= 0.6 is 11.8 Å². The molecule has 1 amide bonds. The number of amides is 1. The highest BCUT2D eigenvalue weighted by Crippen LogP contribution is 2.27. The van der Waals surface area contributed by atoms with E-state index in [1.165, 1.54) is 4.31 Å². The molecule has 138 valence electrons. The molecule has 1 aromatic carbocycles. The number of hydrogen-bond donors (Lipinski definition) is 1. The van der Waals surface area contributed by atoms with E-state index in [2.05, 4.69) is 0 Å². The van der Waals surface area contributed by atoms with E-state index in [1.54, 1.807) is 23.9 Å². The molecule has 25 heavy (non-hydrogen) atoms. The minimum atomic E-state index is -3.47. The van der Waals surface area contributed by atoms with Crippen LogP contribution in [-0.2, 0) is 14.8 Å². The Bertz CT molecular complexity index is 707. The molecule has 6 nitrogen and oxygen atoms in total. The Morgan fingerprint density at radius 1 is 1.20 bits per heavy atom. The highest BCUT2D eigenvalue weighted by atomic mass is 32.2. The number of nitrogens with two attached hydrogens (primary N) is 1. The van der Waals surface area contributed by atoms with Crippen molar-refractivity contribution in [2.24, 2.45) is 11.7 Å². The fourth-order valence-corrected chi connectivity index (χ4v) is 5.76. The van der Waals surface area contributed by atoms with E-state index >= 15 is 0 Å². The molecule has 1 aromatic rings. The molecule has 2 aliphatic heterocycles. The van der Waals surface area contributed by atoms with Crippen LogP contribution in [0.25, 0.3) is 0 Å². The van der Waals surface area contributed by atoms with Gasteiger partial charge in [-0.15, -0.1) is 11.8 Å². The van der Waals surface area contributed by atoms with E-state index in [1.807, 2.05) is 24.0 Å². The van der Waals surface area contributed by atoms with Gasteiger partial charge in [-0.1, -0.05) is 17.7 Å². The maximum atomic E-state index is 12.7. The number of rotatable bonds is 4. The van der Waals surface area contributed by atoms with Gasteiger partial charge in [0.2, 0.25) is 15.9 Å². The van der Waals surface area contributed by atoms with Crippen LogP contribution in [0.2, 0.25) is 0 Å². The minimum Gasteiger partial charge on any atom is -0.331 e. The summed E-state index contributed by atoms with van der Waals surface area (Å²) in [6.45, 7) is 3.52. The Labute approximate surface area is 153 Å². The van der Waals surface area contributed by atoms with E-state index in [9.17, 15) is 13.2 Å². The molecule has 2 saturated heterocycles. The third-order valence-electron chi connectivity index (χ3n) is 5.01. The van der Waals surface area contributed by atoms with Crippen LogP contribution in [0.3, 0.4) is 0 Å². The van der Waals surface area contributed by atoms with Crippen molar-refractivity contribution in [1.82, 2.24) is 9.21 Å². The van der Waals surface area contributed by atoms with E-state index in [-0.39, 0.29) is 11.8 Å². The van der Waals surface area contributed by atoms with Gasteiger partial charge in [-0.25, -0.2) is 8.42 Å². The summed E-state index contributed by atoms with van der Waals surface area (Å²) < 4.78 is 27.0. The van der Waals surface area contributed by atoms with Gasteiger partial charge in [0, 0.05) is 25.4 Å². The van der Waals surface area contributed by atoms with Crippen LogP contribution in [0.1, 0.15) is 18.4 Å². The first-order valence-electron chi connectivity index (χ1n) is 8.58. The van der Waals surface area contributed by atoms with Gasteiger partial charge >= 0.3 is 0 Å². The first-order chi connectivity index (χ1) is 11.9. The molecular formula is C17H25N3O3S2. The third kappa shape index (κ3) is 4.02. The van der Waals surface area contributed by atoms with Crippen LogP contribution in [0.15, 0.2) is 29.2 Å². The van der Waals surface area contributed by atoms with Gasteiger partial charge in [-0.3, -0.25) is 4.79 Å². The average Bonchev–Trinajstić information content (AvgIpc) is 3.15. The number of carbonyl (C=O) groups is 1. The van der Waals surface area contributed by atoms with Gasteiger partial charge in [0.25, 0.3) is 0 Å². The van der Waals surface area contributed by atoms with Crippen molar-refractivity contribution < 1.29 is 13.2 Å². The summed E-state index contributed by atoms with van der Waals surface area (Å²) in [7, 11) is -3.47. The predicted molar refractivity (Wildman–Crippen MR) is 99.7 cm³/mol. The van der Waals surface area contributed by atoms with Crippen LogP contribution in [0.5, 0.6) is 0 Å². The van der Waals surface area contributed by atoms with Crippen LogP contribution in [0, 0.1) is 12.8 Å². The van der Waals surface area contributed by atoms with Gasteiger partial charge < -0.3 is 10.6 Å². The van der Waals surface area contributed by atoms with Gasteiger partial charge in [-0.2, -0.15) is 4.31 Å². The SMILES string of the molecule is Cc1ccc(S(=O)(=O)N2CCC([C@H](N)C(=O)N3CCSC3)CC2)cc1. The second-order valence-corrected chi connectivity index (χ2v) is 9.73. The first-order valence-corrected chi connectivity index (χ1v) is 11.2. The zero-order chi connectivity index (χ0) is 18.0. The van der Waals surface area contributed by atoms with Gasteiger partial charge in [0.1, 0.15) is 0 Å². The molecule has 0 unspecified atom stereocenters. The maximum absolute atomic E-state index is 12.7. The second kappa shape index (κ2) is 7.65. The molecule has 0 spiro atoms. The number of carbonyl (C=O) groups excluding carboxylic acids is 1. The monoisotopic (exact) mass is 383 g/mol. The Morgan fingerprint density at radius 2 is 1.84 bits per heavy atom. The number of benzene rings is 1. The number of thioether (sulfide) groups is 1. The summed E-state index contributed by atoms with van der Waals surface area (Å²) >= 11 is 1.74. The molecule has 8 heteroatoms. The second-order valence-electron chi connectivity index (χ2n) is 6.72. The Hall–Kier alpha value is -1.09. The lowest BCUT2D eigenvalue weighted by atomic mass is 9.90. The van der Waals surface area contributed by atoms with Crippen molar-refractivity contribution in [3.8, 4) is 0 Å². The molecule has 3 rings (SSSR count). The van der Waals surface area contributed by atoms with E-state index in [0.29, 0.717) is 36.7 Å². The maximum Gasteiger partial charge on any atom is 0.243 e. The summed E-state index contributed by atoms with van der Waals surface area (Å²) in [5, 5.41) is 0. The number of piperidine rings is 1. The van der Waals surface area contributed by atoms with Gasteiger partial charge in [0.05, 0.1) is 16.8 Å². The topological polar surface area (TPSA) is 83.7 Å². The standard InChI is InChI=1S/C17H25N3O3S2/c1-13-2-4-15(5-3-13)25(22,23)20-8-6-14(7-9-20)16(18)17(21)19-10-11-24-12-19/h2-5,14,16H,6-12,18H2,1H3/t16-/m0/s1. The predicted octanol–water partition coefficient (Wildman–Crippen LogP) is 1.26. The number of sulfonamides is 1. The van der Waals surface area contributed by atoms with E-state index in [0.717, 1.165) is 17.9 Å². The van der Waals surface area contributed by atoms with Crippen LogP contribution in [-0.4, -0.2) is 60.8 Å². The first kappa shape index (κ1) is 18.7. The van der Waals surface area contributed by atoms with Crippen molar-refractivity contribution >= 4 is 27.7 Å². The fraction of sp³-hybridized carbons (Fsp3) is 0.588. The fourth-order valence-electron chi connectivity index (χ4n) is 3.33. The van der Waals surface area contributed by atoms with Crippen LogP contribution in [0.4, 0.5) is 0 Å². The molecule has 2 heterocycles. The molecule has 1 atom stereocenters. The molecule has 0 saturated carbocycles. The Kier molecular flexibility index (Phi) is 5.72. The zero-order valence-electron chi connectivity index (χ0n) is 14.4. The van der Waals surface area contributed by atoms with Gasteiger partial charge in [0.15, 0.2) is 0 Å². The van der Waals surface area contributed by atoms with Crippen molar-refractivity contribution in [3.05, 3.63) is 29.8 Å². The minimum absolute atomic E-state index is 0.00448. The lowest BCUT2D eigenvalue weighted by Crippen LogP contribution is -2.50. The molecule has 0 radical (unpaired) electrons. The third-order valence-corrected chi connectivity index (χ3v) is 7.89. The number of aryl methyl sites for hydroxylation is 1. The van der Waals surface area contributed by atoms with Crippen molar-refractivity contribution in [3.63, 3.8) is 0 Å². The quantitative estimate of drug-likeness (QED) is 0.846. The molecule has 0 aliphatic carbocycles. The largest absolute Gasteiger partial charge is 0.331 e. The summed E-state index contributed by atoms with van der Waals surface area (Å²) in [6.07, 6.45) is 1.25. The normalized spacial score (nSPS) is 21.4.